The smallest absolute Gasteiger partial charge is 0.338 e. The molecule has 0 aliphatic heterocycles. The first kappa shape index (κ1) is 32.2. The minimum atomic E-state index is -0.369. The Hall–Kier alpha value is -1.84. The number of nitrogens with zero attached hydrogens (tertiary/aromatic N) is 1. The Morgan fingerprint density at radius 2 is 1.00 bits per heavy atom. The van der Waals surface area contributed by atoms with Crippen molar-refractivity contribution in [2.75, 3.05) is 19.7 Å². The van der Waals surface area contributed by atoms with Gasteiger partial charge in [-0.15, -0.1) is 0 Å². The highest BCUT2D eigenvalue weighted by Gasteiger charge is 2.22. The van der Waals surface area contributed by atoms with E-state index >= 15 is 0 Å². The molecule has 1 amide bonds. The molecular weight excluding hydrogens is 446 g/mol. The molecule has 0 aliphatic rings. The zero-order chi connectivity index (χ0) is 26.3. The fourth-order valence-corrected chi connectivity index (χ4v) is 4.62. The molecule has 0 aromatic heterocycles. The van der Waals surface area contributed by atoms with Crippen molar-refractivity contribution in [3.63, 3.8) is 0 Å². The quantitative estimate of drug-likeness (QED) is 0.111. The van der Waals surface area contributed by atoms with E-state index in [-0.39, 0.29) is 11.9 Å². The average molecular weight is 502 g/mol. The molecule has 0 atom stereocenters. The molecule has 36 heavy (non-hydrogen) atoms. The van der Waals surface area contributed by atoms with E-state index in [1.165, 1.54) is 77.0 Å². The first-order valence-corrected chi connectivity index (χ1v) is 15.2. The zero-order valence-corrected chi connectivity index (χ0v) is 23.8. The van der Waals surface area contributed by atoms with E-state index < -0.39 is 0 Å². The summed E-state index contributed by atoms with van der Waals surface area (Å²) in [6, 6.07) is 7.21. The summed E-state index contributed by atoms with van der Waals surface area (Å²) in [5.74, 6) is -0.393. The largest absolute Gasteiger partial charge is 0.462 e. The lowest BCUT2D eigenvalue weighted by Gasteiger charge is -2.24. The number of ether oxygens (including phenoxy) is 1. The summed E-state index contributed by atoms with van der Waals surface area (Å²) < 4.78 is 5.57. The van der Waals surface area contributed by atoms with Crippen molar-refractivity contribution in [1.29, 1.82) is 0 Å². The molecular formula is C32H55NO3. The highest BCUT2D eigenvalue weighted by Crippen LogP contribution is 2.17. The number of rotatable bonds is 23. The molecule has 206 valence electrons. The van der Waals surface area contributed by atoms with Crippen LogP contribution in [0.2, 0.25) is 0 Å². The molecule has 0 unspecified atom stereocenters. The van der Waals surface area contributed by atoms with Crippen molar-refractivity contribution < 1.29 is 14.3 Å². The minimum Gasteiger partial charge on any atom is -0.462 e. The van der Waals surface area contributed by atoms with Crippen LogP contribution >= 0.6 is 0 Å². The monoisotopic (exact) mass is 501 g/mol. The summed E-state index contributed by atoms with van der Waals surface area (Å²) in [4.78, 5) is 28.4. The van der Waals surface area contributed by atoms with Crippen LogP contribution in [0.5, 0.6) is 0 Å². The summed E-state index contributed by atoms with van der Waals surface area (Å²) >= 11 is 0. The third kappa shape index (κ3) is 14.7. The van der Waals surface area contributed by atoms with Crippen molar-refractivity contribution in [2.24, 2.45) is 0 Å². The first-order chi connectivity index (χ1) is 17.7. The van der Waals surface area contributed by atoms with Crippen molar-refractivity contribution in [3.8, 4) is 0 Å². The van der Waals surface area contributed by atoms with E-state index in [9.17, 15) is 9.59 Å². The van der Waals surface area contributed by atoms with E-state index in [0.29, 0.717) is 17.7 Å². The van der Waals surface area contributed by atoms with Crippen molar-refractivity contribution in [3.05, 3.63) is 35.4 Å². The van der Waals surface area contributed by atoms with Crippen LogP contribution in [0.3, 0.4) is 0 Å². The molecule has 1 aromatic carbocycles. The summed E-state index contributed by atoms with van der Waals surface area (Å²) in [6.45, 7) is 8.63. The molecule has 0 fully saturated rings. The molecule has 4 heteroatoms. The lowest BCUT2D eigenvalue weighted by Crippen LogP contribution is -2.34. The SMILES string of the molecule is CCCCCCCCOC(=O)c1ccccc1C(=O)N(CCCCCCCC)CCCCCCCC. The van der Waals surface area contributed by atoms with Crippen molar-refractivity contribution >= 4 is 11.9 Å². The molecule has 0 bridgehead atoms. The Morgan fingerprint density at radius 1 is 0.583 bits per heavy atom. The maximum atomic E-state index is 13.6. The standard InChI is InChI=1S/C32H55NO3/c1-4-7-10-13-16-21-26-33(27-22-17-14-11-8-5-2)31(34)29-24-19-20-25-30(29)32(35)36-28-23-18-15-12-9-6-3/h19-20,24-25H,4-18,21-23,26-28H2,1-3H3. The zero-order valence-electron chi connectivity index (χ0n) is 23.8. The van der Waals surface area contributed by atoms with Crippen LogP contribution < -0.4 is 0 Å². The van der Waals surface area contributed by atoms with Crippen LogP contribution in [0, 0.1) is 0 Å². The minimum absolute atomic E-state index is 0.0239. The van der Waals surface area contributed by atoms with Crippen LogP contribution in [0.1, 0.15) is 157 Å². The van der Waals surface area contributed by atoms with Gasteiger partial charge in [0.25, 0.3) is 5.91 Å². The van der Waals surface area contributed by atoms with Crippen LogP contribution in [0.15, 0.2) is 24.3 Å². The van der Waals surface area contributed by atoms with Gasteiger partial charge in [-0.05, 0) is 31.4 Å². The number of unbranched alkanes of at least 4 members (excludes halogenated alkanes) is 15. The maximum Gasteiger partial charge on any atom is 0.338 e. The maximum absolute atomic E-state index is 13.6. The Bertz CT molecular complexity index is 672. The number of carbonyl (C=O) groups is 2. The third-order valence-electron chi connectivity index (χ3n) is 6.96. The number of esters is 1. The number of hydrogen-bond acceptors (Lipinski definition) is 3. The highest BCUT2D eigenvalue weighted by molar-refractivity contribution is 6.05. The highest BCUT2D eigenvalue weighted by atomic mass is 16.5. The van der Waals surface area contributed by atoms with E-state index in [4.69, 9.17) is 4.74 Å². The number of carbonyl (C=O) groups excluding carboxylic acids is 2. The summed E-state index contributed by atoms with van der Waals surface area (Å²) in [5.41, 5.74) is 0.895. The molecule has 0 spiro atoms. The fourth-order valence-electron chi connectivity index (χ4n) is 4.62. The van der Waals surface area contributed by atoms with Crippen molar-refractivity contribution in [2.45, 2.75) is 136 Å². The van der Waals surface area contributed by atoms with Crippen LogP contribution in [-0.2, 0) is 4.74 Å². The number of hydrogen-bond donors (Lipinski definition) is 0. The molecule has 0 radical (unpaired) electrons. The van der Waals surface area contributed by atoms with E-state index in [2.05, 4.69) is 20.8 Å². The Labute approximate surface area is 222 Å². The van der Waals surface area contributed by atoms with E-state index in [1.54, 1.807) is 12.1 Å². The predicted octanol–water partition coefficient (Wildman–Crippen LogP) is 9.37. The van der Waals surface area contributed by atoms with Gasteiger partial charge in [-0.25, -0.2) is 4.79 Å². The Balaban J connectivity index is 2.69. The molecule has 4 nitrogen and oxygen atoms in total. The molecule has 0 saturated carbocycles. The Kier molecular flexibility index (Phi) is 20.0. The summed E-state index contributed by atoms with van der Waals surface area (Å²) in [6.07, 6.45) is 21.3. The van der Waals surface area contributed by atoms with Crippen LogP contribution in [0.25, 0.3) is 0 Å². The molecule has 0 aliphatic carbocycles. The van der Waals surface area contributed by atoms with Gasteiger partial charge in [-0.3, -0.25) is 4.79 Å². The number of benzene rings is 1. The van der Waals surface area contributed by atoms with Gasteiger partial charge in [0.1, 0.15) is 0 Å². The third-order valence-corrected chi connectivity index (χ3v) is 6.96. The summed E-state index contributed by atoms with van der Waals surface area (Å²) in [7, 11) is 0. The molecule has 0 N–H and O–H groups in total. The summed E-state index contributed by atoms with van der Waals surface area (Å²) in [5, 5.41) is 0. The lowest BCUT2D eigenvalue weighted by atomic mass is 10.0. The Morgan fingerprint density at radius 3 is 1.50 bits per heavy atom. The fraction of sp³-hybridized carbons (Fsp3) is 0.750. The topological polar surface area (TPSA) is 46.6 Å². The number of amides is 1. The van der Waals surface area contributed by atoms with Crippen LogP contribution in [-0.4, -0.2) is 36.5 Å². The van der Waals surface area contributed by atoms with Gasteiger partial charge in [0.05, 0.1) is 17.7 Å². The van der Waals surface area contributed by atoms with E-state index in [1.807, 2.05) is 17.0 Å². The van der Waals surface area contributed by atoms with Crippen LogP contribution in [0.4, 0.5) is 0 Å². The van der Waals surface area contributed by atoms with Gasteiger partial charge in [-0.1, -0.05) is 129 Å². The van der Waals surface area contributed by atoms with Gasteiger partial charge in [-0.2, -0.15) is 0 Å². The molecule has 0 saturated heterocycles. The second kappa shape index (κ2) is 22.4. The second-order valence-electron chi connectivity index (χ2n) is 10.3. The molecule has 1 aromatic rings. The van der Waals surface area contributed by atoms with Crippen molar-refractivity contribution in [1.82, 2.24) is 4.90 Å². The predicted molar refractivity (Wildman–Crippen MR) is 153 cm³/mol. The average Bonchev–Trinajstić information content (AvgIpc) is 2.90. The van der Waals surface area contributed by atoms with Gasteiger partial charge in [0.2, 0.25) is 0 Å². The van der Waals surface area contributed by atoms with E-state index in [0.717, 1.165) is 51.6 Å². The van der Waals surface area contributed by atoms with Gasteiger partial charge in [0.15, 0.2) is 0 Å². The molecule has 0 heterocycles. The lowest BCUT2D eigenvalue weighted by molar-refractivity contribution is 0.0490. The first-order valence-electron chi connectivity index (χ1n) is 15.2. The second-order valence-corrected chi connectivity index (χ2v) is 10.3. The van der Waals surface area contributed by atoms with Gasteiger partial charge in [0, 0.05) is 13.1 Å². The normalized spacial score (nSPS) is 11.0. The molecule has 1 rings (SSSR count). The van der Waals surface area contributed by atoms with Gasteiger partial charge >= 0.3 is 5.97 Å². The van der Waals surface area contributed by atoms with Gasteiger partial charge < -0.3 is 9.64 Å².